The SMILES string of the molecule is O=C(CCc1nc(-c2ccc(Cl)cc2)no1)Nc1cccc(NC(=O)c2cccs2)c1. The minimum atomic E-state index is -0.201. The van der Waals surface area contributed by atoms with Crippen molar-refractivity contribution in [2.45, 2.75) is 12.8 Å². The molecule has 4 aromatic rings. The fourth-order valence-corrected chi connectivity index (χ4v) is 3.54. The maximum atomic E-state index is 12.3. The van der Waals surface area contributed by atoms with Crippen LogP contribution in [0.1, 0.15) is 22.0 Å². The van der Waals surface area contributed by atoms with Gasteiger partial charge in [0.2, 0.25) is 17.6 Å². The van der Waals surface area contributed by atoms with E-state index in [-0.39, 0.29) is 18.2 Å². The first-order chi connectivity index (χ1) is 15.1. The van der Waals surface area contributed by atoms with Crippen LogP contribution in [-0.4, -0.2) is 22.0 Å². The van der Waals surface area contributed by atoms with Gasteiger partial charge in [0, 0.05) is 34.8 Å². The molecule has 0 saturated heterocycles. The number of halogens is 1. The van der Waals surface area contributed by atoms with Crippen LogP contribution < -0.4 is 10.6 Å². The topological polar surface area (TPSA) is 97.1 Å². The Morgan fingerprint density at radius 1 is 1.00 bits per heavy atom. The molecule has 7 nitrogen and oxygen atoms in total. The summed E-state index contributed by atoms with van der Waals surface area (Å²) in [4.78, 5) is 29.4. The van der Waals surface area contributed by atoms with Crippen molar-refractivity contribution >= 4 is 46.1 Å². The van der Waals surface area contributed by atoms with Crippen LogP contribution in [0.2, 0.25) is 5.02 Å². The van der Waals surface area contributed by atoms with Gasteiger partial charge in [-0.05, 0) is 53.9 Å². The van der Waals surface area contributed by atoms with E-state index in [1.165, 1.54) is 11.3 Å². The van der Waals surface area contributed by atoms with Gasteiger partial charge in [0.15, 0.2) is 0 Å². The van der Waals surface area contributed by atoms with E-state index >= 15 is 0 Å². The number of aryl methyl sites for hydroxylation is 1. The van der Waals surface area contributed by atoms with Gasteiger partial charge in [-0.15, -0.1) is 11.3 Å². The third-order valence-electron chi connectivity index (χ3n) is 4.29. The lowest BCUT2D eigenvalue weighted by molar-refractivity contribution is -0.116. The van der Waals surface area contributed by atoms with Crippen molar-refractivity contribution in [2.24, 2.45) is 0 Å². The van der Waals surface area contributed by atoms with Gasteiger partial charge in [-0.3, -0.25) is 9.59 Å². The van der Waals surface area contributed by atoms with Crippen LogP contribution in [0.3, 0.4) is 0 Å². The van der Waals surface area contributed by atoms with Crippen LogP contribution in [-0.2, 0) is 11.2 Å². The van der Waals surface area contributed by atoms with E-state index in [2.05, 4.69) is 20.8 Å². The Kier molecular flexibility index (Phi) is 6.40. The molecule has 2 amide bonds. The van der Waals surface area contributed by atoms with Gasteiger partial charge in [-0.1, -0.05) is 28.9 Å². The number of nitrogens with one attached hydrogen (secondary N) is 2. The number of aromatic nitrogens is 2. The zero-order valence-corrected chi connectivity index (χ0v) is 17.7. The van der Waals surface area contributed by atoms with E-state index in [1.54, 1.807) is 54.6 Å². The Bertz CT molecular complexity index is 1190. The molecule has 2 heterocycles. The Balaban J connectivity index is 1.31. The second kappa shape index (κ2) is 9.55. The van der Waals surface area contributed by atoms with Crippen LogP contribution in [0.4, 0.5) is 11.4 Å². The molecule has 0 radical (unpaired) electrons. The van der Waals surface area contributed by atoms with Crippen LogP contribution in [0, 0.1) is 0 Å². The molecule has 2 N–H and O–H groups in total. The molecular formula is C22H17ClN4O3S. The molecule has 0 aliphatic heterocycles. The van der Waals surface area contributed by atoms with Crippen molar-refractivity contribution in [1.29, 1.82) is 0 Å². The van der Waals surface area contributed by atoms with Crippen LogP contribution in [0.15, 0.2) is 70.6 Å². The minimum Gasteiger partial charge on any atom is -0.339 e. The molecule has 156 valence electrons. The molecule has 0 spiro atoms. The lowest BCUT2D eigenvalue weighted by Gasteiger charge is -2.08. The van der Waals surface area contributed by atoms with Crippen molar-refractivity contribution in [3.63, 3.8) is 0 Å². The third kappa shape index (κ3) is 5.56. The molecule has 0 aliphatic rings. The molecule has 0 fully saturated rings. The summed E-state index contributed by atoms with van der Waals surface area (Å²) in [7, 11) is 0. The molecule has 9 heteroatoms. The second-order valence-corrected chi connectivity index (χ2v) is 7.96. The average Bonchev–Trinajstić information content (AvgIpc) is 3.46. The normalized spacial score (nSPS) is 10.6. The van der Waals surface area contributed by atoms with Crippen molar-refractivity contribution in [3.05, 3.63) is 81.8 Å². The average molecular weight is 453 g/mol. The van der Waals surface area contributed by atoms with Gasteiger partial charge < -0.3 is 15.2 Å². The highest BCUT2D eigenvalue weighted by atomic mass is 35.5. The highest BCUT2D eigenvalue weighted by Gasteiger charge is 2.12. The fourth-order valence-electron chi connectivity index (χ4n) is 2.79. The number of thiophene rings is 1. The number of amides is 2. The Morgan fingerprint density at radius 3 is 2.52 bits per heavy atom. The van der Waals surface area contributed by atoms with E-state index in [1.807, 2.05) is 11.4 Å². The zero-order valence-electron chi connectivity index (χ0n) is 16.2. The standard InChI is InChI=1S/C22H17ClN4O3S/c23-15-8-6-14(7-9-15)21-26-20(30-27-21)11-10-19(28)24-16-3-1-4-17(13-16)25-22(29)18-5-2-12-31-18/h1-9,12-13H,10-11H2,(H,24,28)(H,25,29). The number of carbonyl (C=O) groups excluding carboxylic acids is 2. The van der Waals surface area contributed by atoms with Crippen molar-refractivity contribution in [2.75, 3.05) is 10.6 Å². The summed E-state index contributed by atoms with van der Waals surface area (Å²) in [6.45, 7) is 0. The number of anilines is 2. The summed E-state index contributed by atoms with van der Waals surface area (Å²) in [6.07, 6.45) is 0.481. The first kappa shape index (κ1) is 20.8. The largest absolute Gasteiger partial charge is 0.339 e. The monoisotopic (exact) mass is 452 g/mol. The Labute approximate surface area is 187 Å². The van der Waals surface area contributed by atoms with E-state index in [0.717, 1.165) is 5.56 Å². The summed E-state index contributed by atoms with van der Waals surface area (Å²) in [5.41, 5.74) is 1.97. The van der Waals surface area contributed by atoms with Gasteiger partial charge >= 0.3 is 0 Å². The van der Waals surface area contributed by atoms with Crippen molar-refractivity contribution in [1.82, 2.24) is 10.1 Å². The summed E-state index contributed by atoms with van der Waals surface area (Å²) in [6, 6.07) is 17.6. The molecule has 2 aromatic carbocycles. The highest BCUT2D eigenvalue weighted by Crippen LogP contribution is 2.20. The molecule has 0 unspecified atom stereocenters. The maximum absolute atomic E-state index is 12.3. The number of nitrogens with zero attached hydrogens (tertiary/aromatic N) is 2. The number of rotatable bonds is 7. The van der Waals surface area contributed by atoms with E-state index < -0.39 is 0 Å². The van der Waals surface area contributed by atoms with Gasteiger partial charge in [-0.2, -0.15) is 4.98 Å². The van der Waals surface area contributed by atoms with Gasteiger partial charge in [0.05, 0.1) is 4.88 Å². The molecular weight excluding hydrogens is 436 g/mol. The van der Waals surface area contributed by atoms with E-state index in [0.29, 0.717) is 39.4 Å². The van der Waals surface area contributed by atoms with Gasteiger partial charge in [-0.25, -0.2) is 0 Å². The third-order valence-corrected chi connectivity index (χ3v) is 5.41. The number of benzene rings is 2. The first-order valence-electron chi connectivity index (χ1n) is 9.40. The molecule has 0 bridgehead atoms. The molecule has 2 aromatic heterocycles. The van der Waals surface area contributed by atoms with Gasteiger partial charge in [0.1, 0.15) is 0 Å². The fraction of sp³-hybridized carbons (Fsp3) is 0.0909. The molecule has 0 aliphatic carbocycles. The highest BCUT2D eigenvalue weighted by molar-refractivity contribution is 7.12. The Hall–Kier alpha value is -3.49. The lowest BCUT2D eigenvalue weighted by Crippen LogP contribution is -2.13. The first-order valence-corrected chi connectivity index (χ1v) is 10.7. The summed E-state index contributed by atoms with van der Waals surface area (Å²) in [5, 5.41) is 12.0. The van der Waals surface area contributed by atoms with Crippen molar-refractivity contribution < 1.29 is 14.1 Å². The summed E-state index contributed by atoms with van der Waals surface area (Å²) >= 11 is 7.25. The summed E-state index contributed by atoms with van der Waals surface area (Å²) < 4.78 is 5.23. The quantitative estimate of drug-likeness (QED) is 0.398. The molecule has 4 rings (SSSR count). The number of hydrogen-bond donors (Lipinski definition) is 2. The van der Waals surface area contributed by atoms with Crippen LogP contribution in [0.25, 0.3) is 11.4 Å². The Morgan fingerprint density at radius 2 is 1.77 bits per heavy atom. The predicted molar refractivity (Wildman–Crippen MR) is 120 cm³/mol. The minimum absolute atomic E-state index is 0.175. The van der Waals surface area contributed by atoms with Crippen molar-refractivity contribution in [3.8, 4) is 11.4 Å². The van der Waals surface area contributed by atoms with E-state index in [4.69, 9.17) is 16.1 Å². The maximum Gasteiger partial charge on any atom is 0.265 e. The smallest absolute Gasteiger partial charge is 0.265 e. The summed E-state index contributed by atoms with van der Waals surface area (Å²) in [5.74, 6) is 0.428. The second-order valence-electron chi connectivity index (χ2n) is 6.58. The number of hydrogen-bond acceptors (Lipinski definition) is 6. The molecule has 31 heavy (non-hydrogen) atoms. The lowest BCUT2D eigenvalue weighted by atomic mass is 10.2. The molecule has 0 saturated carbocycles. The van der Waals surface area contributed by atoms with Crippen LogP contribution >= 0.6 is 22.9 Å². The van der Waals surface area contributed by atoms with Gasteiger partial charge in [0.25, 0.3) is 5.91 Å². The zero-order chi connectivity index (χ0) is 21.6. The predicted octanol–water partition coefficient (Wildman–Crippen LogP) is 5.28. The number of carbonyl (C=O) groups is 2. The van der Waals surface area contributed by atoms with E-state index in [9.17, 15) is 9.59 Å². The molecule has 0 atom stereocenters. The van der Waals surface area contributed by atoms with Crippen LogP contribution in [0.5, 0.6) is 0 Å².